The van der Waals surface area contributed by atoms with Crippen LogP contribution in [0.4, 0.5) is 5.13 Å². The van der Waals surface area contributed by atoms with Crippen LogP contribution in [0.1, 0.15) is 30.6 Å². The number of carbonyl (C=O) groups excluding carboxylic acids is 3. The summed E-state index contributed by atoms with van der Waals surface area (Å²) in [5.74, 6) is -0.618. The number of hydrogen-bond acceptors (Lipinski definition) is 10. The van der Waals surface area contributed by atoms with E-state index in [1.165, 1.54) is 4.90 Å². The molecule has 1 aromatic heterocycles. The highest BCUT2D eigenvalue weighted by molar-refractivity contribution is 7.14. The Hall–Kier alpha value is -2.90. The maximum atomic E-state index is 13.5. The summed E-state index contributed by atoms with van der Waals surface area (Å²) in [6, 6.07) is 5.41. The third-order valence-corrected chi connectivity index (χ3v) is 8.91. The Labute approximate surface area is 245 Å². The molecule has 0 spiro atoms. The van der Waals surface area contributed by atoms with Gasteiger partial charge in [-0.25, -0.2) is 4.98 Å². The van der Waals surface area contributed by atoms with Crippen LogP contribution in [-0.2, 0) is 19.1 Å². The zero-order valence-corrected chi connectivity index (χ0v) is 24.8. The minimum atomic E-state index is -0.766. The van der Waals surface area contributed by atoms with Crippen molar-refractivity contribution in [1.82, 2.24) is 20.1 Å². The highest BCUT2D eigenvalue weighted by Crippen LogP contribution is 2.29. The number of Topliss-reactive ketones (excluding diaryl/α,β-unsaturated/α-hetero) is 1. The number of methoxy groups -OCH3 is 1. The molecule has 3 aliphatic rings. The van der Waals surface area contributed by atoms with E-state index >= 15 is 0 Å². The molecule has 11 nitrogen and oxygen atoms in total. The fourth-order valence-electron chi connectivity index (χ4n) is 5.77. The van der Waals surface area contributed by atoms with Gasteiger partial charge in [0.15, 0.2) is 10.9 Å². The van der Waals surface area contributed by atoms with Crippen molar-refractivity contribution in [2.75, 3.05) is 64.5 Å². The van der Waals surface area contributed by atoms with Crippen LogP contribution >= 0.6 is 11.3 Å². The normalized spacial score (nSPS) is 23.7. The number of hydrogen-bond donors (Lipinski definition) is 2. The quantitative estimate of drug-likeness (QED) is 0.424. The highest BCUT2D eigenvalue weighted by Gasteiger charge is 2.52. The molecule has 12 heteroatoms. The molecule has 222 valence electrons. The van der Waals surface area contributed by atoms with E-state index in [1.807, 2.05) is 31.4 Å². The molecule has 3 saturated heterocycles. The van der Waals surface area contributed by atoms with Crippen LogP contribution in [0.3, 0.4) is 0 Å². The monoisotopic (exact) mass is 584 g/mol. The molecule has 3 fully saturated rings. The van der Waals surface area contributed by atoms with Crippen LogP contribution in [0.15, 0.2) is 29.6 Å². The van der Waals surface area contributed by atoms with Crippen molar-refractivity contribution in [2.45, 2.75) is 44.5 Å². The van der Waals surface area contributed by atoms with Gasteiger partial charge in [-0.3, -0.25) is 19.3 Å². The molecule has 5 rings (SSSR count). The van der Waals surface area contributed by atoms with Crippen LogP contribution in [0, 0.1) is 5.92 Å². The van der Waals surface area contributed by atoms with Gasteiger partial charge in [-0.2, -0.15) is 0 Å². The first-order valence-electron chi connectivity index (χ1n) is 14.3. The van der Waals surface area contributed by atoms with Crippen LogP contribution < -0.4 is 16.0 Å². The predicted molar refractivity (Wildman–Crippen MR) is 157 cm³/mol. The summed E-state index contributed by atoms with van der Waals surface area (Å²) in [6.45, 7) is 9.70. The minimum Gasteiger partial charge on any atom is -0.383 e. The number of rotatable bonds is 10. The number of amides is 2. The second kappa shape index (κ2) is 13.0. The lowest BCUT2D eigenvalue weighted by molar-refractivity contribution is -0.138. The summed E-state index contributed by atoms with van der Waals surface area (Å²) in [4.78, 5) is 50.3. The molecule has 1 unspecified atom stereocenters. The van der Waals surface area contributed by atoms with Crippen molar-refractivity contribution in [3.8, 4) is 11.3 Å². The molecule has 0 radical (unpaired) electrons. The van der Waals surface area contributed by atoms with Crippen LogP contribution in [0.25, 0.3) is 11.3 Å². The van der Waals surface area contributed by atoms with Gasteiger partial charge in [0.2, 0.25) is 5.91 Å². The smallest absolute Gasteiger partial charge is 0.251 e. The number of benzene rings is 1. The molecule has 3 aliphatic heterocycles. The number of ketones is 1. The summed E-state index contributed by atoms with van der Waals surface area (Å²) in [5.41, 5.74) is 8.41. The maximum absolute atomic E-state index is 13.5. The zero-order valence-electron chi connectivity index (χ0n) is 24.0. The average molecular weight is 585 g/mol. The summed E-state index contributed by atoms with van der Waals surface area (Å²) >= 11 is 1.62. The Morgan fingerprint density at radius 2 is 1.93 bits per heavy atom. The second-order valence-electron chi connectivity index (χ2n) is 11.4. The molecule has 0 aliphatic carbocycles. The number of anilines is 1. The van der Waals surface area contributed by atoms with Gasteiger partial charge in [-0.05, 0) is 24.5 Å². The summed E-state index contributed by atoms with van der Waals surface area (Å²) in [5, 5.41) is 5.96. The number of nitrogens with two attached hydrogens (primary N) is 1. The van der Waals surface area contributed by atoms with Gasteiger partial charge in [0.05, 0.1) is 18.3 Å². The number of likely N-dealkylation sites (tertiary alicyclic amines) is 1. The molecule has 0 saturated carbocycles. The van der Waals surface area contributed by atoms with Crippen molar-refractivity contribution >= 4 is 34.1 Å². The van der Waals surface area contributed by atoms with E-state index in [1.54, 1.807) is 30.6 Å². The van der Waals surface area contributed by atoms with Crippen molar-refractivity contribution in [1.29, 1.82) is 0 Å². The molecule has 3 N–H and O–H groups in total. The Morgan fingerprint density at radius 1 is 1.20 bits per heavy atom. The second-order valence-corrected chi connectivity index (χ2v) is 12.2. The lowest BCUT2D eigenvalue weighted by Gasteiger charge is -2.34. The summed E-state index contributed by atoms with van der Waals surface area (Å²) in [7, 11) is 1.73. The summed E-state index contributed by atoms with van der Waals surface area (Å²) in [6.07, 6.45) is -0.0329. The van der Waals surface area contributed by atoms with Gasteiger partial charge >= 0.3 is 0 Å². The number of nitrogens with one attached hydrogen (secondary N) is 1. The van der Waals surface area contributed by atoms with Gasteiger partial charge in [0.1, 0.15) is 24.8 Å². The maximum Gasteiger partial charge on any atom is 0.251 e. The fraction of sp³-hybridized carbons (Fsp3) is 0.586. The number of nitrogens with zero attached hydrogens (tertiary/aromatic N) is 4. The SMILES string of the molecule is COCCN1CCN(c2nc(-c3ccc(C(=O)NC(CC(C)C)C(=O)N4C[C@@H](N)[C@H]5OCC(=O)[C@H]54)cc3)cs2)CC1. The number of thiazole rings is 1. The van der Waals surface area contributed by atoms with Crippen molar-refractivity contribution in [3.05, 3.63) is 35.2 Å². The number of piperazine rings is 1. The lowest BCUT2D eigenvalue weighted by atomic mass is 10.0. The van der Waals surface area contributed by atoms with Gasteiger partial charge < -0.3 is 30.3 Å². The van der Waals surface area contributed by atoms with E-state index in [0.29, 0.717) is 12.0 Å². The number of ether oxygens (including phenoxy) is 2. The molecule has 2 aromatic rings. The average Bonchev–Trinajstić information content (AvgIpc) is 3.69. The molecule has 41 heavy (non-hydrogen) atoms. The first kappa shape index (κ1) is 29.6. The largest absolute Gasteiger partial charge is 0.383 e. The van der Waals surface area contributed by atoms with E-state index in [-0.39, 0.29) is 36.7 Å². The third-order valence-electron chi connectivity index (χ3n) is 8.01. The first-order chi connectivity index (χ1) is 19.7. The molecule has 4 atom stereocenters. The fourth-order valence-corrected chi connectivity index (χ4v) is 6.66. The molecule has 2 amide bonds. The van der Waals surface area contributed by atoms with Crippen LogP contribution in [-0.4, -0.2) is 116 Å². The number of carbonyl (C=O) groups is 3. The van der Waals surface area contributed by atoms with E-state index in [2.05, 4.69) is 15.1 Å². The number of fused-ring (bicyclic) bond motifs is 1. The Bertz CT molecular complexity index is 1230. The van der Waals surface area contributed by atoms with E-state index in [0.717, 1.165) is 55.7 Å². The van der Waals surface area contributed by atoms with Gasteiger partial charge in [0.25, 0.3) is 5.91 Å². The highest BCUT2D eigenvalue weighted by atomic mass is 32.1. The molecule has 0 bridgehead atoms. The van der Waals surface area contributed by atoms with Crippen LogP contribution in [0.2, 0.25) is 0 Å². The van der Waals surface area contributed by atoms with Crippen LogP contribution in [0.5, 0.6) is 0 Å². The van der Waals surface area contributed by atoms with Crippen molar-refractivity contribution in [2.24, 2.45) is 11.7 Å². The summed E-state index contributed by atoms with van der Waals surface area (Å²) < 4.78 is 10.7. The van der Waals surface area contributed by atoms with Gasteiger partial charge in [-0.1, -0.05) is 26.0 Å². The van der Waals surface area contributed by atoms with Gasteiger partial charge in [-0.15, -0.1) is 11.3 Å². The van der Waals surface area contributed by atoms with E-state index in [9.17, 15) is 14.4 Å². The van der Waals surface area contributed by atoms with Crippen molar-refractivity contribution < 1.29 is 23.9 Å². The minimum absolute atomic E-state index is 0.0354. The predicted octanol–water partition coefficient (Wildman–Crippen LogP) is 1.23. The van der Waals surface area contributed by atoms with E-state index in [4.69, 9.17) is 20.2 Å². The molecular formula is C29H40N6O5S. The third kappa shape index (κ3) is 6.62. The Morgan fingerprint density at radius 3 is 2.61 bits per heavy atom. The Kier molecular flexibility index (Phi) is 9.35. The zero-order chi connectivity index (χ0) is 29.1. The topological polar surface area (TPSA) is 130 Å². The van der Waals surface area contributed by atoms with E-state index < -0.39 is 24.2 Å². The number of aromatic nitrogens is 1. The lowest BCUT2D eigenvalue weighted by Crippen LogP contribution is -2.52. The first-order valence-corrected chi connectivity index (χ1v) is 15.2. The molecule has 4 heterocycles. The van der Waals surface area contributed by atoms with Crippen molar-refractivity contribution in [3.63, 3.8) is 0 Å². The standard InChI is InChI=1S/C29H40N6O5S/c1-18(2)14-22(28(38)35-15-21(30)26-25(35)24(36)16-40-26)31-27(37)20-6-4-19(5-7-20)23-17-41-29(32-23)34-10-8-33(9-11-34)12-13-39-3/h4-7,17-18,21-22,25-26H,8-16,30H2,1-3H3,(H,31,37)/t21-,22?,25-,26-/m1/s1. The molecular weight excluding hydrogens is 544 g/mol. The molecule has 1 aromatic carbocycles. The Balaban J connectivity index is 1.21. The van der Waals surface area contributed by atoms with Gasteiger partial charge in [0, 0.05) is 62.9 Å².